The summed E-state index contributed by atoms with van der Waals surface area (Å²) in [5.74, 6) is -0.297. The third-order valence-corrected chi connectivity index (χ3v) is 4.61. The number of esters is 1. The molecule has 2 unspecified atom stereocenters. The van der Waals surface area contributed by atoms with Crippen LogP contribution in [0.1, 0.15) is 31.4 Å². The molecule has 1 aromatic carbocycles. The first-order valence-corrected chi connectivity index (χ1v) is 8.25. The molecule has 116 valence electrons. The second kappa shape index (κ2) is 8.13. The molecule has 0 saturated carbocycles. The zero-order valence-corrected chi connectivity index (χ0v) is 14.2. The van der Waals surface area contributed by atoms with Crippen molar-refractivity contribution in [2.45, 2.75) is 31.9 Å². The van der Waals surface area contributed by atoms with Gasteiger partial charge in [-0.25, -0.2) is 4.79 Å². The van der Waals surface area contributed by atoms with Gasteiger partial charge in [0.15, 0.2) is 0 Å². The highest BCUT2D eigenvalue weighted by Crippen LogP contribution is 2.27. The Hall–Kier alpha value is -0.620. The molecule has 0 amide bonds. The Kier molecular flexibility index (Phi) is 6.48. The van der Waals surface area contributed by atoms with E-state index >= 15 is 0 Å². The van der Waals surface area contributed by atoms with Crippen LogP contribution in [0.15, 0.2) is 22.7 Å². The lowest BCUT2D eigenvalue weighted by atomic mass is 10.1. The van der Waals surface area contributed by atoms with E-state index in [9.17, 15) is 4.79 Å². The normalized spacial score (nSPS) is 19.5. The van der Waals surface area contributed by atoms with E-state index in [0.29, 0.717) is 18.2 Å². The highest BCUT2D eigenvalue weighted by atomic mass is 79.9. The number of hydrogen-bond donors (Lipinski definition) is 1. The Labute approximate surface area is 138 Å². The second-order valence-corrected chi connectivity index (χ2v) is 6.16. The summed E-state index contributed by atoms with van der Waals surface area (Å²) in [5, 5.41) is 3.81. The quantitative estimate of drug-likeness (QED) is 0.772. The smallest absolute Gasteiger partial charge is 0.327 e. The number of hydrogen-bond acceptors (Lipinski definition) is 4. The first-order chi connectivity index (χ1) is 10.1. The third kappa shape index (κ3) is 4.68. The summed E-state index contributed by atoms with van der Waals surface area (Å²) in [5.41, 5.74) is 0.791. The molecule has 6 heteroatoms. The monoisotopic (exact) mass is 375 g/mol. The van der Waals surface area contributed by atoms with Crippen LogP contribution in [0.5, 0.6) is 0 Å². The minimum atomic E-state index is -0.528. The molecule has 0 bridgehead atoms. The maximum atomic E-state index is 12.2. The minimum Gasteiger partial charge on any atom is -0.465 e. The van der Waals surface area contributed by atoms with Crippen molar-refractivity contribution in [3.63, 3.8) is 0 Å². The number of nitrogens with one attached hydrogen (secondary N) is 1. The molecule has 1 saturated heterocycles. The zero-order chi connectivity index (χ0) is 15.2. The molecule has 2 atom stereocenters. The Morgan fingerprint density at radius 3 is 3.05 bits per heavy atom. The van der Waals surface area contributed by atoms with Gasteiger partial charge in [0.25, 0.3) is 0 Å². The Bertz CT molecular complexity index is 492. The molecule has 0 aliphatic carbocycles. The van der Waals surface area contributed by atoms with Gasteiger partial charge in [-0.15, -0.1) is 0 Å². The van der Waals surface area contributed by atoms with Crippen LogP contribution in [-0.4, -0.2) is 31.8 Å². The number of carbonyl (C=O) groups excluding carboxylic acids is 1. The Morgan fingerprint density at radius 1 is 1.62 bits per heavy atom. The maximum absolute atomic E-state index is 12.2. The van der Waals surface area contributed by atoms with Crippen molar-refractivity contribution in [3.05, 3.63) is 33.3 Å². The number of rotatable bonds is 6. The van der Waals surface area contributed by atoms with Gasteiger partial charge in [0.1, 0.15) is 6.04 Å². The van der Waals surface area contributed by atoms with Gasteiger partial charge in [-0.2, -0.15) is 0 Å². The molecule has 2 rings (SSSR count). The molecular weight excluding hydrogens is 358 g/mol. The molecule has 1 aromatic rings. The van der Waals surface area contributed by atoms with Gasteiger partial charge in [0, 0.05) is 17.6 Å². The maximum Gasteiger partial charge on any atom is 0.327 e. The molecule has 1 aliphatic heterocycles. The molecule has 1 N–H and O–H groups in total. The van der Waals surface area contributed by atoms with E-state index in [1.54, 1.807) is 13.0 Å². The summed E-state index contributed by atoms with van der Waals surface area (Å²) >= 11 is 9.47. The largest absolute Gasteiger partial charge is 0.465 e. The second-order valence-electron chi connectivity index (χ2n) is 4.90. The van der Waals surface area contributed by atoms with Crippen LogP contribution in [0.4, 0.5) is 0 Å². The molecular formula is C15H19BrClNO3. The Morgan fingerprint density at radius 2 is 2.43 bits per heavy atom. The molecule has 0 aromatic heterocycles. The summed E-state index contributed by atoms with van der Waals surface area (Å²) in [7, 11) is 0. The van der Waals surface area contributed by atoms with Crippen molar-refractivity contribution in [2.75, 3.05) is 19.8 Å². The van der Waals surface area contributed by atoms with Crippen molar-refractivity contribution in [3.8, 4) is 0 Å². The molecule has 0 radical (unpaired) electrons. The average Bonchev–Trinajstić information content (AvgIpc) is 2.96. The molecule has 4 nitrogen and oxygen atoms in total. The van der Waals surface area contributed by atoms with Gasteiger partial charge in [0.2, 0.25) is 0 Å². The van der Waals surface area contributed by atoms with Crippen molar-refractivity contribution < 1.29 is 14.3 Å². The molecule has 21 heavy (non-hydrogen) atoms. The van der Waals surface area contributed by atoms with E-state index in [-0.39, 0.29) is 12.1 Å². The van der Waals surface area contributed by atoms with Gasteiger partial charge in [-0.3, -0.25) is 5.32 Å². The van der Waals surface area contributed by atoms with Gasteiger partial charge in [-0.1, -0.05) is 17.7 Å². The van der Waals surface area contributed by atoms with Crippen LogP contribution in [0.3, 0.4) is 0 Å². The van der Waals surface area contributed by atoms with E-state index in [1.807, 2.05) is 12.1 Å². The topological polar surface area (TPSA) is 47.6 Å². The van der Waals surface area contributed by atoms with E-state index in [4.69, 9.17) is 21.1 Å². The number of ether oxygens (including phenoxy) is 2. The highest BCUT2D eigenvalue weighted by Gasteiger charge is 2.24. The number of halogens is 2. The highest BCUT2D eigenvalue weighted by molar-refractivity contribution is 9.10. The van der Waals surface area contributed by atoms with Crippen LogP contribution < -0.4 is 5.32 Å². The van der Waals surface area contributed by atoms with E-state index in [0.717, 1.165) is 29.5 Å². The first-order valence-electron chi connectivity index (χ1n) is 7.08. The first kappa shape index (κ1) is 16.7. The van der Waals surface area contributed by atoms with Crippen LogP contribution >= 0.6 is 27.5 Å². The summed E-state index contributed by atoms with van der Waals surface area (Å²) in [6.07, 6.45) is 2.25. The SMILES string of the molecule is CCOC(=O)C(NCC1CCCO1)c1ccc(Br)c(Cl)c1. The van der Waals surface area contributed by atoms with Crippen LogP contribution in [0.25, 0.3) is 0 Å². The molecule has 1 fully saturated rings. The summed E-state index contributed by atoms with van der Waals surface area (Å²) in [6.45, 7) is 3.56. The fraction of sp³-hybridized carbons (Fsp3) is 0.533. The van der Waals surface area contributed by atoms with Crippen LogP contribution in [0.2, 0.25) is 5.02 Å². The van der Waals surface area contributed by atoms with Crippen molar-refractivity contribution in [2.24, 2.45) is 0 Å². The summed E-state index contributed by atoms with van der Waals surface area (Å²) in [6, 6.07) is 4.94. The third-order valence-electron chi connectivity index (χ3n) is 3.37. The lowest BCUT2D eigenvalue weighted by Crippen LogP contribution is -2.35. The van der Waals surface area contributed by atoms with Crippen LogP contribution in [0, 0.1) is 0 Å². The molecule has 0 spiro atoms. The van der Waals surface area contributed by atoms with Crippen LogP contribution in [-0.2, 0) is 14.3 Å². The lowest BCUT2D eigenvalue weighted by molar-refractivity contribution is -0.146. The van der Waals surface area contributed by atoms with Crippen molar-refractivity contribution in [1.29, 1.82) is 0 Å². The molecule has 1 heterocycles. The fourth-order valence-electron chi connectivity index (χ4n) is 2.31. The number of benzene rings is 1. The van der Waals surface area contributed by atoms with E-state index < -0.39 is 6.04 Å². The average molecular weight is 377 g/mol. The summed E-state index contributed by atoms with van der Waals surface area (Å²) < 4.78 is 11.5. The van der Waals surface area contributed by atoms with Gasteiger partial charge in [0.05, 0.1) is 17.7 Å². The number of carbonyl (C=O) groups is 1. The zero-order valence-electron chi connectivity index (χ0n) is 11.9. The van der Waals surface area contributed by atoms with E-state index in [2.05, 4.69) is 21.2 Å². The van der Waals surface area contributed by atoms with Gasteiger partial charge < -0.3 is 9.47 Å². The minimum absolute atomic E-state index is 0.160. The standard InChI is InChI=1S/C15H19BrClNO3/c1-2-20-15(19)14(18-9-11-4-3-7-21-11)10-5-6-12(16)13(17)8-10/h5-6,8,11,14,18H,2-4,7,9H2,1H3. The van der Waals surface area contributed by atoms with Crippen molar-refractivity contribution >= 4 is 33.5 Å². The van der Waals surface area contributed by atoms with Gasteiger partial charge in [-0.05, 0) is 53.4 Å². The lowest BCUT2D eigenvalue weighted by Gasteiger charge is -2.20. The fourth-order valence-corrected chi connectivity index (χ4v) is 2.75. The van der Waals surface area contributed by atoms with Crippen molar-refractivity contribution in [1.82, 2.24) is 5.32 Å². The Balaban J connectivity index is 2.09. The van der Waals surface area contributed by atoms with Gasteiger partial charge >= 0.3 is 5.97 Å². The summed E-state index contributed by atoms with van der Waals surface area (Å²) in [4.78, 5) is 12.2. The predicted molar refractivity (Wildman–Crippen MR) is 85.5 cm³/mol. The van der Waals surface area contributed by atoms with E-state index in [1.165, 1.54) is 0 Å². The molecule has 1 aliphatic rings. The predicted octanol–water partition coefficient (Wildman–Crippen LogP) is 3.48.